The van der Waals surface area contributed by atoms with Gasteiger partial charge in [0.25, 0.3) is 0 Å². The summed E-state index contributed by atoms with van der Waals surface area (Å²) in [6, 6.07) is 4.71. The van der Waals surface area contributed by atoms with Crippen molar-refractivity contribution >= 4 is 28.5 Å². The number of aromatic carboxylic acids is 1. The van der Waals surface area contributed by atoms with Gasteiger partial charge in [0.2, 0.25) is 0 Å². The molecule has 0 unspecified atom stereocenters. The first kappa shape index (κ1) is 10.7. The second-order valence-electron chi connectivity index (χ2n) is 3.45. The molecule has 0 saturated carbocycles. The van der Waals surface area contributed by atoms with Gasteiger partial charge in [-0.2, -0.15) is 0 Å². The highest BCUT2D eigenvalue weighted by atomic mass is 35.5. The first-order chi connectivity index (χ1) is 7.50. The van der Waals surface area contributed by atoms with E-state index in [1.807, 2.05) is 0 Å². The van der Waals surface area contributed by atoms with Gasteiger partial charge in [-0.15, -0.1) is 0 Å². The van der Waals surface area contributed by atoms with Crippen molar-refractivity contribution in [1.82, 2.24) is 4.98 Å². The minimum Gasteiger partial charge on any atom is -0.477 e. The monoisotopic (exact) mass is 237 g/mol. The maximum absolute atomic E-state index is 11.9. The number of halogens is 1. The number of fused-ring (bicyclic) bond motifs is 1. The smallest absolute Gasteiger partial charge is 0.352 e. The molecule has 16 heavy (non-hydrogen) atoms. The zero-order chi connectivity index (χ0) is 11.9. The van der Waals surface area contributed by atoms with Crippen molar-refractivity contribution in [1.29, 1.82) is 0 Å². The number of carbonyl (C=O) groups is 1. The molecule has 1 aromatic heterocycles. The Hall–Kier alpha value is -1.81. The van der Waals surface area contributed by atoms with E-state index in [4.69, 9.17) is 16.7 Å². The number of aromatic amines is 1. The van der Waals surface area contributed by atoms with Crippen LogP contribution in [-0.2, 0) is 0 Å². The van der Waals surface area contributed by atoms with Gasteiger partial charge in [-0.3, -0.25) is 4.79 Å². The van der Waals surface area contributed by atoms with Crippen molar-refractivity contribution in [3.63, 3.8) is 0 Å². The van der Waals surface area contributed by atoms with E-state index in [-0.39, 0.29) is 16.7 Å². The van der Waals surface area contributed by atoms with Crippen LogP contribution in [0.15, 0.2) is 23.0 Å². The van der Waals surface area contributed by atoms with Gasteiger partial charge in [0, 0.05) is 16.0 Å². The average Bonchev–Trinajstić information content (AvgIpc) is 2.23. The molecule has 0 fully saturated rings. The maximum atomic E-state index is 11.9. The molecular formula is C11H8ClNO3. The number of carboxylic acid groups (broad SMARTS) is 1. The molecule has 0 amide bonds. The molecule has 2 rings (SSSR count). The summed E-state index contributed by atoms with van der Waals surface area (Å²) < 4.78 is 0. The Morgan fingerprint density at radius 2 is 2.12 bits per heavy atom. The number of rotatable bonds is 1. The Morgan fingerprint density at radius 1 is 1.44 bits per heavy atom. The summed E-state index contributed by atoms with van der Waals surface area (Å²) in [6.07, 6.45) is 0. The largest absolute Gasteiger partial charge is 0.477 e. The van der Waals surface area contributed by atoms with Crippen LogP contribution in [0.2, 0.25) is 5.02 Å². The summed E-state index contributed by atoms with van der Waals surface area (Å²) >= 11 is 5.78. The molecule has 4 nitrogen and oxygen atoms in total. The fourth-order valence-electron chi connectivity index (χ4n) is 1.57. The molecule has 0 aliphatic heterocycles. The fraction of sp³-hybridized carbons (Fsp3) is 0.0909. The van der Waals surface area contributed by atoms with Crippen LogP contribution in [0.25, 0.3) is 10.9 Å². The lowest BCUT2D eigenvalue weighted by Crippen LogP contribution is -2.15. The second kappa shape index (κ2) is 3.64. The van der Waals surface area contributed by atoms with Crippen LogP contribution < -0.4 is 5.43 Å². The summed E-state index contributed by atoms with van der Waals surface area (Å²) in [5.74, 6) is -1.15. The van der Waals surface area contributed by atoms with Crippen LogP contribution in [0.5, 0.6) is 0 Å². The number of nitrogens with one attached hydrogen (secondary N) is 1. The van der Waals surface area contributed by atoms with E-state index >= 15 is 0 Å². The van der Waals surface area contributed by atoms with Gasteiger partial charge >= 0.3 is 5.97 Å². The van der Waals surface area contributed by atoms with E-state index in [1.165, 1.54) is 13.0 Å². The first-order valence-corrected chi connectivity index (χ1v) is 4.94. The number of carboxylic acids is 1. The predicted octanol–water partition coefficient (Wildman–Crippen LogP) is 2.19. The second-order valence-corrected chi connectivity index (χ2v) is 3.89. The molecule has 82 valence electrons. The Balaban J connectivity index is 2.94. The highest BCUT2D eigenvalue weighted by Crippen LogP contribution is 2.16. The minimum atomic E-state index is -1.15. The Bertz CT molecular complexity index is 645. The van der Waals surface area contributed by atoms with E-state index in [0.717, 1.165) is 0 Å². The number of hydrogen-bond acceptors (Lipinski definition) is 2. The molecule has 2 N–H and O–H groups in total. The Kier molecular flexibility index (Phi) is 2.44. The van der Waals surface area contributed by atoms with Crippen molar-refractivity contribution in [2.45, 2.75) is 6.92 Å². The zero-order valence-corrected chi connectivity index (χ0v) is 9.13. The van der Waals surface area contributed by atoms with Gasteiger partial charge in [-0.25, -0.2) is 4.79 Å². The van der Waals surface area contributed by atoms with Gasteiger partial charge in [0.15, 0.2) is 5.43 Å². The zero-order valence-electron chi connectivity index (χ0n) is 8.37. The van der Waals surface area contributed by atoms with Crippen LogP contribution in [-0.4, -0.2) is 16.1 Å². The molecule has 0 aliphatic carbocycles. The van der Waals surface area contributed by atoms with E-state index in [0.29, 0.717) is 15.9 Å². The highest BCUT2D eigenvalue weighted by Gasteiger charge is 2.13. The Labute approximate surface area is 95.5 Å². The van der Waals surface area contributed by atoms with Crippen LogP contribution in [0.4, 0.5) is 0 Å². The standard InChI is InChI=1S/C11H8ClNO3/c1-5-9(11(15)16)13-8-3-2-6(12)4-7(8)10(5)14/h2-4H,1H3,(H,13,14)(H,15,16). The van der Waals surface area contributed by atoms with Gasteiger partial charge in [-0.1, -0.05) is 11.6 Å². The number of hydrogen-bond donors (Lipinski definition) is 2. The lowest BCUT2D eigenvalue weighted by atomic mass is 10.1. The van der Waals surface area contributed by atoms with Crippen molar-refractivity contribution in [2.24, 2.45) is 0 Å². The van der Waals surface area contributed by atoms with Gasteiger partial charge in [0.1, 0.15) is 5.69 Å². The van der Waals surface area contributed by atoms with E-state index < -0.39 is 5.97 Å². The lowest BCUT2D eigenvalue weighted by Gasteiger charge is -2.04. The van der Waals surface area contributed by atoms with Crippen molar-refractivity contribution in [3.05, 3.63) is 44.7 Å². The molecule has 5 heteroatoms. The summed E-state index contributed by atoms with van der Waals surface area (Å²) in [5, 5.41) is 9.75. The van der Waals surface area contributed by atoms with Crippen LogP contribution in [0.1, 0.15) is 16.1 Å². The molecular weight excluding hydrogens is 230 g/mol. The quantitative estimate of drug-likeness (QED) is 0.799. The summed E-state index contributed by atoms with van der Waals surface area (Å²) in [4.78, 5) is 25.5. The summed E-state index contributed by atoms with van der Waals surface area (Å²) in [5.41, 5.74) is 0.258. The predicted molar refractivity (Wildman–Crippen MR) is 61.3 cm³/mol. The molecule has 1 heterocycles. The van der Waals surface area contributed by atoms with Crippen LogP contribution in [0.3, 0.4) is 0 Å². The molecule has 0 spiro atoms. The van der Waals surface area contributed by atoms with Crippen LogP contribution in [0, 0.1) is 6.92 Å². The van der Waals surface area contributed by atoms with E-state index in [1.54, 1.807) is 12.1 Å². The normalized spacial score (nSPS) is 10.6. The van der Waals surface area contributed by atoms with E-state index in [2.05, 4.69) is 4.98 Å². The Morgan fingerprint density at radius 3 is 2.75 bits per heavy atom. The minimum absolute atomic E-state index is 0.0835. The first-order valence-electron chi connectivity index (χ1n) is 4.56. The van der Waals surface area contributed by atoms with Gasteiger partial charge < -0.3 is 10.1 Å². The topological polar surface area (TPSA) is 70.2 Å². The third-order valence-corrected chi connectivity index (χ3v) is 2.65. The third-order valence-electron chi connectivity index (χ3n) is 2.42. The molecule has 0 bridgehead atoms. The average molecular weight is 238 g/mol. The maximum Gasteiger partial charge on any atom is 0.352 e. The SMILES string of the molecule is Cc1c(C(=O)O)[nH]c2ccc(Cl)cc2c1=O. The number of benzene rings is 1. The van der Waals surface area contributed by atoms with E-state index in [9.17, 15) is 9.59 Å². The molecule has 0 saturated heterocycles. The van der Waals surface area contributed by atoms with Gasteiger partial charge in [-0.05, 0) is 25.1 Å². The van der Waals surface area contributed by atoms with Crippen molar-refractivity contribution < 1.29 is 9.90 Å². The third kappa shape index (κ3) is 1.57. The number of aromatic nitrogens is 1. The lowest BCUT2D eigenvalue weighted by molar-refractivity contribution is 0.0690. The summed E-state index contributed by atoms with van der Waals surface area (Å²) in [7, 11) is 0. The molecule has 0 radical (unpaired) electrons. The highest BCUT2D eigenvalue weighted by molar-refractivity contribution is 6.31. The van der Waals surface area contributed by atoms with Gasteiger partial charge in [0.05, 0.1) is 5.52 Å². The van der Waals surface area contributed by atoms with Crippen LogP contribution >= 0.6 is 11.6 Å². The van der Waals surface area contributed by atoms with Crippen molar-refractivity contribution in [3.8, 4) is 0 Å². The molecule has 2 aromatic rings. The molecule has 0 aliphatic rings. The number of pyridine rings is 1. The molecule has 1 aromatic carbocycles. The van der Waals surface area contributed by atoms with Crippen molar-refractivity contribution in [2.75, 3.05) is 0 Å². The number of H-pyrrole nitrogens is 1. The molecule has 0 atom stereocenters. The summed E-state index contributed by atoms with van der Waals surface area (Å²) in [6.45, 7) is 1.47. The fourth-order valence-corrected chi connectivity index (χ4v) is 1.74.